The lowest BCUT2D eigenvalue weighted by Gasteiger charge is -2.46. The number of methoxy groups -OCH3 is 2. The number of ether oxygens (including phenoxy) is 6. The van der Waals surface area contributed by atoms with Gasteiger partial charge in [0.1, 0.15) is 46.4 Å². The summed E-state index contributed by atoms with van der Waals surface area (Å²) in [4.78, 5) is 0. The van der Waals surface area contributed by atoms with E-state index >= 15 is 0 Å². The van der Waals surface area contributed by atoms with Crippen molar-refractivity contribution in [3.63, 3.8) is 0 Å². The fraction of sp³-hybridized carbons (Fsp3) is 0.404. The average Bonchev–Trinajstić information content (AvgIpc) is 3.73. The number of aromatic hydroxyl groups is 3. The van der Waals surface area contributed by atoms with Gasteiger partial charge in [-0.15, -0.1) is 0 Å². The summed E-state index contributed by atoms with van der Waals surface area (Å²) >= 11 is 0. The summed E-state index contributed by atoms with van der Waals surface area (Å²) in [5.41, 5.74) is 4.74. The van der Waals surface area contributed by atoms with Gasteiger partial charge in [0.25, 0.3) is 0 Å². The predicted molar refractivity (Wildman–Crippen MR) is 220 cm³/mol. The lowest BCUT2D eigenvalue weighted by atomic mass is 9.72. The van der Waals surface area contributed by atoms with E-state index in [0.717, 1.165) is 70.7 Å². The minimum atomic E-state index is -0.982. The first-order chi connectivity index (χ1) is 28.3. The number of hydrogen-bond acceptors (Lipinski definition) is 11. The van der Waals surface area contributed by atoms with Crippen LogP contribution in [0.2, 0.25) is 0 Å². The standard InChI is InChI=1S/C47H53NO10/c1-48-26-56-47-39-24-42(54-3)37-22-32(51)14-16-36(37)46(39)58-41(12-7-17-53-2)43(47)40-25-55-45-29(21-34(23-38(45)44(40)52)57-33-10-4-5-11-33)18-28-20-31(50)13-15-35(28)27-8-6-9-30(49)19-27/h6,8-9,13-16,19-24,33,40-41,43-44,47-52H,4-5,7,10-12,17-18,25-26H2,1-3H3/t40-,41+,43+,44+,47+/m0/s1. The van der Waals surface area contributed by atoms with Crippen molar-refractivity contribution in [1.29, 1.82) is 0 Å². The first kappa shape index (κ1) is 39.6. The second kappa shape index (κ2) is 17.3. The van der Waals surface area contributed by atoms with Crippen LogP contribution in [0.5, 0.6) is 40.2 Å². The Kier molecular flexibility index (Phi) is 11.8. The molecule has 5 N–H and O–H groups in total. The number of phenolic OH excluding ortho intramolecular Hbond substituents is 3. The normalized spacial score (nSPS) is 21.6. The Morgan fingerprint density at radius 3 is 2.38 bits per heavy atom. The first-order valence-corrected chi connectivity index (χ1v) is 20.3. The Labute approximate surface area is 339 Å². The summed E-state index contributed by atoms with van der Waals surface area (Å²) in [6, 6.07) is 23.3. The molecule has 5 atom stereocenters. The molecule has 0 bridgehead atoms. The maximum absolute atomic E-state index is 12.7. The molecule has 306 valence electrons. The topological polar surface area (TPSA) is 148 Å². The van der Waals surface area contributed by atoms with Crippen molar-refractivity contribution in [3.8, 4) is 51.4 Å². The molecule has 0 aromatic heterocycles. The van der Waals surface area contributed by atoms with Crippen molar-refractivity contribution in [1.82, 2.24) is 5.32 Å². The van der Waals surface area contributed by atoms with Crippen molar-refractivity contribution in [2.45, 2.75) is 69.4 Å². The molecule has 58 heavy (non-hydrogen) atoms. The van der Waals surface area contributed by atoms with Crippen LogP contribution in [-0.2, 0) is 15.9 Å². The fourth-order valence-electron chi connectivity index (χ4n) is 9.26. The van der Waals surface area contributed by atoms with Crippen LogP contribution in [0.1, 0.15) is 73.0 Å². The SMILES string of the molecule is CNCO[C@@H]1c2cc(OC)c3cc(O)ccc3c2O[C@H](CCCOC)[C@H]1[C@@H]1COc2c(Cc3cc(O)ccc3-c3cccc(O)c3)cc(OC3CCCC3)cc2[C@H]1O. The lowest BCUT2D eigenvalue weighted by molar-refractivity contribution is -0.115. The third-order valence-corrected chi connectivity index (χ3v) is 11.9. The van der Waals surface area contributed by atoms with Crippen LogP contribution in [0.4, 0.5) is 0 Å². The van der Waals surface area contributed by atoms with Gasteiger partial charge >= 0.3 is 0 Å². The molecule has 11 nitrogen and oxygen atoms in total. The monoisotopic (exact) mass is 791 g/mol. The van der Waals surface area contributed by atoms with Gasteiger partial charge in [0.05, 0.1) is 38.8 Å². The highest BCUT2D eigenvalue weighted by Crippen LogP contribution is 2.54. The Morgan fingerprint density at radius 1 is 0.810 bits per heavy atom. The van der Waals surface area contributed by atoms with Crippen molar-refractivity contribution < 1.29 is 48.8 Å². The number of benzene rings is 5. The summed E-state index contributed by atoms with van der Waals surface area (Å²) in [6.45, 7) is 0.970. The van der Waals surface area contributed by atoms with Crippen molar-refractivity contribution in [3.05, 3.63) is 101 Å². The highest BCUT2D eigenvalue weighted by molar-refractivity contribution is 5.96. The van der Waals surface area contributed by atoms with Gasteiger partial charge in [0, 0.05) is 59.4 Å². The smallest absolute Gasteiger partial charge is 0.133 e. The molecule has 0 amide bonds. The van der Waals surface area contributed by atoms with Crippen LogP contribution in [0.3, 0.4) is 0 Å². The van der Waals surface area contributed by atoms with Crippen molar-refractivity contribution in [2.75, 3.05) is 41.2 Å². The van der Waals surface area contributed by atoms with Gasteiger partial charge in [0.15, 0.2) is 0 Å². The van der Waals surface area contributed by atoms with E-state index in [9.17, 15) is 20.4 Å². The Bertz CT molecular complexity index is 2240. The first-order valence-electron chi connectivity index (χ1n) is 20.3. The summed E-state index contributed by atoms with van der Waals surface area (Å²) in [6.07, 6.45) is 4.03. The zero-order valence-electron chi connectivity index (χ0n) is 33.3. The summed E-state index contributed by atoms with van der Waals surface area (Å²) in [5.74, 6) is 2.04. The van der Waals surface area contributed by atoms with E-state index < -0.39 is 24.2 Å². The van der Waals surface area contributed by atoms with Crippen LogP contribution in [0, 0.1) is 11.8 Å². The molecule has 0 spiro atoms. The number of fused-ring (bicyclic) bond motifs is 4. The van der Waals surface area contributed by atoms with Gasteiger partial charge < -0.3 is 48.8 Å². The third-order valence-electron chi connectivity index (χ3n) is 11.9. The summed E-state index contributed by atoms with van der Waals surface area (Å²) in [7, 11) is 5.11. The number of aliphatic hydroxyl groups is 1. The number of rotatable bonds is 14. The molecule has 2 heterocycles. The van der Waals surface area contributed by atoms with Gasteiger partial charge in [-0.3, -0.25) is 5.32 Å². The number of hydrogen-bond donors (Lipinski definition) is 5. The zero-order chi connectivity index (χ0) is 40.3. The molecule has 3 aliphatic rings. The molecular formula is C47H53NO10. The summed E-state index contributed by atoms with van der Waals surface area (Å²) in [5, 5.41) is 48.8. The molecule has 5 aromatic carbocycles. The van der Waals surface area contributed by atoms with Crippen LogP contribution in [0.25, 0.3) is 21.9 Å². The van der Waals surface area contributed by atoms with Crippen molar-refractivity contribution in [2.24, 2.45) is 11.8 Å². The number of phenols is 3. The largest absolute Gasteiger partial charge is 0.508 e. The van der Waals surface area contributed by atoms with Crippen LogP contribution in [-0.4, -0.2) is 73.8 Å². The molecule has 8 rings (SSSR count). The number of nitrogens with one attached hydrogen (secondary N) is 1. The average molecular weight is 792 g/mol. The molecule has 0 saturated heterocycles. The highest BCUT2D eigenvalue weighted by Gasteiger charge is 2.49. The van der Waals surface area contributed by atoms with Gasteiger partial charge in [0.2, 0.25) is 0 Å². The third kappa shape index (κ3) is 7.96. The molecule has 0 unspecified atom stereocenters. The maximum Gasteiger partial charge on any atom is 0.133 e. The molecule has 2 aliphatic heterocycles. The van der Waals surface area contributed by atoms with E-state index in [4.69, 9.17) is 28.4 Å². The molecule has 0 radical (unpaired) electrons. The molecule has 11 heteroatoms. The molecule has 1 fully saturated rings. The van der Waals surface area contributed by atoms with Crippen molar-refractivity contribution >= 4 is 10.8 Å². The minimum Gasteiger partial charge on any atom is -0.508 e. The van der Waals surface area contributed by atoms with Gasteiger partial charge in [-0.25, -0.2) is 0 Å². The second-order valence-corrected chi connectivity index (χ2v) is 15.7. The lowest BCUT2D eigenvalue weighted by Crippen LogP contribution is -2.47. The van der Waals surface area contributed by atoms with Crippen LogP contribution >= 0.6 is 0 Å². The molecule has 5 aromatic rings. The Morgan fingerprint density at radius 2 is 1.60 bits per heavy atom. The van der Waals surface area contributed by atoms with Gasteiger partial charge in [-0.2, -0.15) is 0 Å². The minimum absolute atomic E-state index is 0.0754. The molecule has 1 aliphatic carbocycles. The second-order valence-electron chi connectivity index (χ2n) is 15.7. The van der Waals surface area contributed by atoms with E-state index in [1.165, 1.54) is 0 Å². The van der Waals surface area contributed by atoms with E-state index in [-0.39, 0.29) is 42.6 Å². The molecule has 1 saturated carbocycles. The fourth-order valence-corrected chi connectivity index (χ4v) is 9.26. The maximum atomic E-state index is 12.7. The van der Waals surface area contributed by atoms with E-state index in [0.29, 0.717) is 48.0 Å². The Balaban J connectivity index is 1.23. The van der Waals surface area contributed by atoms with Gasteiger partial charge in [-0.05, 0) is 123 Å². The predicted octanol–water partition coefficient (Wildman–Crippen LogP) is 8.33. The Hall–Kier alpha value is -5.20. The zero-order valence-corrected chi connectivity index (χ0v) is 33.3. The van der Waals surface area contributed by atoms with E-state index in [1.807, 2.05) is 43.4 Å². The highest BCUT2D eigenvalue weighted by atomic mass is 16.5. The summed E-state index contributed by atoms with van der Waals surface area (Å²) < 4.78 is 38.5. The quantitative estimate of drug-likeness (QED) is 0.0546. The van der Waals surface area contributed by atoms with E-state index in [2.05, 4.69) is 5.32 Å². The van der Waals surface area contributed by atoms with Crippen LogP contribution < -0.4 is 24.3 Å². The molecular weight excluding hydrogens is 739 g/mol. The van der Waals surface area contributed by atoms with Gasteiger partial charge in [-0.1, -0.05) is 18.2 Å². The van der Waals surface area contributed by atoms with Crippen LogP contribution in [0.15, 0.2) is 78.9 Å². The van der Waals surface area contributed by atoms with E-state index in [1.54, 1.807) is 56.7 Å². The number of aliphatic hydroxyl groups excluding tert-OH is 1.